The van der Waals surface area contributed by atoms with Crippen molar-refractivity contribution in [1.82, 2.24) is 15.1 Å². The average molecular weight is 273 g/mol. The van der Waals surface area contributed by atoms with Gasteiger partial charge < -0.3 is 10.1 Å². The van der Waals surface area contributed by atoms with Gasteiger partial charge in [-0.1, -0.05) is 0 Å². The van der Waals surface area contributed by atoms with E-state index in [0.717, 1.165) is 11.3 Å². The normalized spacial score (nSPS) is 23.1. The summed E-state index contributed by atoms with van der Waals surface area (Å²) in [6.45, 7) is 2.17. The topological polar surface area (TPSA) is 39.1 Å². The molecule has 1 N–H and O–H groups in total. The van der Waals surface area contributed by atoms with Crippen LogP contribution in [0.15, 0.2) is 18.2 Å². The Hall–Kier alpha value is -1.55. The molecule has 3 rings (SSSR count). The molecule has 1 fully saturated rings. The van der Waals surface area contributed by atoms with Crippen LogP contribution in [-0.2, 0) is 0 Å². The molecule has 1 saturated carbocycles. The van der Waals surface area contributed by atoms with Crippen LogP contribution in [0.5, 0.6) is 5.75 Å². The van der Waals surface area contributed by atoms with Gasteiger partial charge in [0.15, 0.2) is 0 Å². The molecule has 0 aliphatic heterocycles. The zero-order valence-corrected chi connectivity index (χ0v) is 12.5. The van der Waals surface area contributed by atoms with Crippen LogP contribution in [-0.4, -0.2) is 30.0 Å². The highest BCUT2D eigenvalue weighted by molar-refractivity contribution is 5.82. The molecule has 0 spiro atoms. The maximum absolute atomic E-state index is 5.29. The van der Waals surface area contributed by atoms with E-state index in [2.05, 4.69) is 30.0 Å². The summed E-state index contributed by atoms with van der Waals surface area (Å²) in [5, 5.41) is 9.44. The van der Waals surface area contributed by atoms with Crippen LogP contribution < -0.4 is 10.1 Å². The largest absolute Gasteiger partial charge is 0.497 e. The quantitative estimate of drug-likeness (QED) is 0.934. The summed E-state index contributed by atoms with van der Waals surface area (Å²) in [6.07, 6.45) is 4.88. The summed E-state index contributed by atoms with van der Waals surface area (Å²) >= 11 is 0. The van der Waals surface area contributed by atoms with E-state index < -0.39 is 0 Å². The second kappa shape index (κ2) is 5.44. The summed E-state index contributed by atoms with van der Waals surface area (Å²) in [5.74, 6) is 0.876. The molecule has 0 atom stereocenters. The van der Waals surface area contributed by atoms with E-state index in [9.17, 15) is 0 Å². The lowest BCUT2D eigenvalue weighted by atomic mass is 9.91. The number of hydrogen-bond acceptors (Lipinski definition) is 3. The molecule has 2 aromatic rings. The van der Waals surface area contributed by atoms with Crippen LogP contribution in [0.4, 0.5) is 0 Å². The number of aryl methyl sites for hydroxylation is 1. The smallest absolute Gasteiger partial charge is 0.121 e. The predicted molar refractivity (Wildman–Crippen MR) is 81.4 cm³/mol. The fourth-order valence-electron chi connectivity index (χ4n) is 3.31. The lowest BCUT2D eigenvalue weighted by Gasteiger charge is -2.29. The van der Waals surface area contributed by atoms with Gasteiger partial charge in [-0.05, 0) is 51.8 Å². The molecular weight excluding hydrogens is 250 g/mol. The van der Waals surface area contributed by atoms with Crippen molar-refractivity contribution in [2.24, 2.45) is 0 Å². The maximum Gasteiger partial charge on any atom is 0.121 e. The highest BCUT2D eigenvalue weighted by Gasteiger charge is 2.23. The second-order valence-corrected chi connectivity index (χ2v) is 5.71. The molecule has 4 nitrogen and oxygen atoms in total. The van der Waals surface area contributed by atoms with Gasteiger partial charge in [-0.2, -0.15) is 5.10 Å². The van der Waals surface area contributed by atoms with Crippen molar-refractivity contribution in [3.05, 3.63) is 23.9 Å². The molecule has 0 saturated heterocycles. The Balaban J connectivity index is 1.90. The Kier molecular flexibility index (Phi) is 3.66. The highest BCUT2D eigenvalue weighted by atomic mass is 16.5. The van der Waals surface area contributed by atoms with E-state index in [1.54, 1.807) is 7.11 Å². The van der Waals surface area contributed by atoms with Gasteiger partial charge in [-0.3, -0.25) is 4.68 Å². The summed E-state index contributed by atoms with van der Waals surface area (Å²) in [5.41, 5.74) is 2.31. The number of nitrogens with one attached hydrogen (secondary N) is 1. The van der Waals surface area contributed by atoms with Gasteiger partial charge in [0.25, 0.3) is 0 Å². The number of fused-ring (bicyclic) bond motifs is 1. The van der Waals surface area contributed by atoms with Crippen molar-refractivity contribution >= 4 is 10.9 Å². The monoisotopic (exact) mass is 273 g/mol. The predicted octanol–water partition coefficient (Wildman–Crippen LogP) is 3.06. The van der Waals surface area contributed by atoms with Gasteiger partial charge in [-0.15, -0.1) is 0 Å². The van der Waals surface area contributed by atoms with Crippen LogP contribution in [0, 0.1) is 6.92 Å². The van der Waals surface area contributed by atoms with Crippen molar-refractivity contribution in [1.29, 1.82) is 0 Å². The van der Waals surface area contributed by atoms with Crippen molar-refractivity contribution in [3.8, 4) is 5.75 Å². The summed E-state index contributed by atoms with van der Waals surface area (Å²) in [4.78, 5) is 0. The molecule has 1 heterocycles. The third kappa shape index (κ3) is 2.29. The Morgan fingerprint density at radius 2 is 2.00 bits per heavy atom. The number of ether oxygens (including phenoxy) is 1. The molecule has 0 amide bonds. The Morgan fingerprint density at radius 1 is 1.25 bits per heavy atom. The fourth-order valence-corrected chi connectivity index (χ4v) is 3.31. The van der Waals surface area contributed by atoms with Crippen molar-refractivity contribution in [3.63, 3.8) is 0 Å². The van der Waals surface area contributed by atoms with Crippen molar-refractivity contribution in [2.75, 3.05) is 14.2 Å². The van der Waals surface area contributed by atoms with E-state index in [1.807, 2.05) is 12.1 Å². The number of nitrogens with zero attached hydrogens (tertiary/aromatic N) is 2. The van der Waals surface area contributed by atoms with Gasteiger partial charge in [0.1, 0.15) is 5.75 Å². The minimum Gasteiger partial charge on any atom is -0.497 e. The molecule has 1 aliphatic rings. The van der Waals surface area contributed by atoms with Crippen LogP contribution in [0.1, 0.15) is 37.4 Å². The SMILES string of the molecule is CNC1CCC(n2nc3cc(OC)ccc3c2C)CC1. The maximum atomic E-state index is 5.29. The molecule has 1 aromatic heterocycles. The summed E-state index contributed by atoms with van der Waals surface area (Å²) < 4.78 is 7.52. The Labute approximate surface area is 120 Å². The lowest BCUT2D eigenvalue weighted by Crippen LogP contribution is -2.31. The van der Waals surface area contributed by atoms with Crippen LogP contribution in [0.2, 0.25) is 0 Å². The first kappa shape index (κ1) is 13.4. The fraction of sp³-hybridized carbons (Fsp3) is 0.562. The van der Waals surface area contributed by atoms with Crippen LogP contribution in [0.25, 0.3) is 10.9 Å². The van der Waals surface area contributed by atoms with E-state index >= 15 is 0 Å². The number of hydrogen-bond donors (Lipinski definition) is 1. The van der Waals surface area contributed by atoms with E-state index in [1.165, 1.54) is 36.8 Å². The lowest BCUT2D eigenvalue weighted by molar-refractivity contribution is 0.282. The molecule has 1 aromatic carbocycles. The first-order valence-corrected chi connectivity index (χ1v) is 7.43. The zero-order chi connectivity index (χ0) is 14.1. The van der Waals surface area contributed by atoms with Gasteiger partial charge in [0.2, 0.25) is 0 Å². The van der Waals surface area contributed by atoms with Gasteiger partial charge >= 0.3 is 0 Å². The Morgan fingerprint density at radius 3 is 2.65 bits per heavy atom. The van der Waals surface area contributed by atoms with Gasteiger partial charge in [0, 0.05) is 23.2 Å². The Bertz CT molecular complexity index is 597. The third-order valence-electron chi connectivity index (χ3n) is 4.60. The molecule has 20 heavy (non-hydrogen) atoms. The summed E-state index contributed by atoms with van der Waals surface area (Å²) in [7, 11) is 3.76. The molecule has 108 valence electrons. The average Bonchev–Trinajstić information content (AvgIpc) is 2.84. The minimum atomic E-state index is 0.540. The van der Waals surface area contributed by atoms with E-state index in [-0.39, 0.29) is 0 Å². The molecule has 4 heteroatoms. The standard InChI is InChI=1S/C16H23N3O/c1-11-15-9-8-14(20-3)10-16(15)18-19(11)13-6-4-12(17-2)5-7-13/h8-10,12-13,17H,4-7H2,1-3H3. The third-order valence-corrected chi connectivity index (χ3v) is 4.60. The van der Waals surface area contributed by atoms with E-state index in [0.29, 0.717) is 12.1 Å². The second-order valence-electron chi connectivity index (χ2n) is 5.71. The number of aromatic nitrogens is 2. The van der Waals surface area contributed by atoms with Crippen LogP contribution in [0.3, 0.4) is 0 Å². The number of methoxy groups -OCH3 is 1. The van der Waals surface area contributed by atoms with Gasteiger partial charge in [0.05, 0.1) is 18.7 Å². The first-order valence-electron chi connectivity index (χ1n) is 7.43. The molecular formula is C16H23N3O. The number of rotatable bonds is 3. The number of benzene rings is 1. The molecule has 0 bridgehead atoms. The zero-order valence-electron chi connectivity index (χ0n) is 12.5. The van der Waals surface area contributed by atoms with E-state index in [4.69, 9.17) is 9.84 Å². The highest BCUT2D eigenvalue weighted by Crippen LogP contribution is 2.32. The molecule has 1 aliphatic carbocycles. The molecule has 0 radical (unpaired) electrons. The first-order chi connectivity index (χ1) is 9.72. The minimum absolute atomic E-state index is 0.540. The van der Waals surface area contributed by atoms with Crippen LogP contribution >= 0.6 is 0 Å². The summed E-state index contributed by atoms with van der Waals surface area (Å²) in [6, 6.07) is 7.37. The van der Waals surface area contributed by atoms with Crippen molar-refractivity contribution in [2.45, 2.75) is 44.7 Å². The van der Waals surface area contributed by atoms with Crippen molar-refractivity contribution < 1.29 is 4.74 Å². The van der Waals surface area contributed by atoms with Gasteiger partial charge in [-0.25, -0.2) is 0 Å². The molecule has 0 unspecified atom stereocenters.